The second-order valence-corrected chi connectivity index (χ2v) is 5.38. The van der Waals surface area contributed by atoms with Crippen LogP contribution in [0.15, 0.2) is 16.6 Å². The Kier molecular flexibility index (Phi) is 5.55. The van der Waals surface area contributed by atoms with Crippen LogP contribution in [0.4, 0.5) is 30.7 Å². The van der Waals surface area contributed by atoms with Gasteiger partial charge in [-0.15, -0.1) is 0 Å². The topological polar surface area (TPSA) is 12.0 Å². The number of hydrogen-bond donors (Lipinski definition) is 1. The Labute approximate surface area is 128 Å². The Bertz CT molecular complexity index is 501. The molecule has 0 heterocycles. The van der Waals surface area contributed by atoms with Gasteiger partial charge >= 0.3 is 12.4 Å². The van der Waals surface area contributed by atoms with Gasteiger partial charge in [0.05, 0.1) is 11.1 Å². The second kappa shape index (κ2) is 6.29. The second-order valence-electron chi connectivity index (χ2n) is 4.12. The molecule has 0 fully saturated rings. The minimum atomic E-state index is -5.60. The molecule has 0 saturated carbocycles. The van der Waals surface area contributed by atoms with E-state index in [1.54, 1.807) is 0 Å². The smallest absolute Gasteiger partial charge is 0.312 e. The average molecular weight is 403 g/mol. The zero-order valence-electron chi connectivity index (χ0n) is 10.2. The van der Waals surface area contributed by atoms with Crippen LogP contribution in [0.5, 0.6) is 0 Å². The van der Waals surface area contributed by atoms with Gasteiger partial charge in [-0.2, -0.15) is 26.3 Å². The van der Waals surface area contributed by atoms with Crippen LogP contribution in [0.3, 0.4) is 0 Å². The summed E-state index contributed by atoms with van der Waals surface area (Å²) < 4.78 is 90.1. The van der Waals surface area contributed by atoms with Crippen molar-refractivity contribution in [3.05, 3.63) is 33.0 Å². The first-order chi connectivity index (χ1) is 9.39. The predicted octanol–water partition coefficient (Wildman–Crippen LogP) is 5.24. The molecule has 0 spiro atoms. The number of alkyl halides is 6. The van der Waals surface area contributed by atoms with Gasteiger partial charge in [-0.3, -0.25) is 0 Å². The van der Waals surface area contributed by atoms with E-state index in [9.17, 15) is 30.7 Å². The first-order valence-corrected chi connectivity index (χ1v) is 6.51. The highest BCUT2D eigenvalue weighted by atomic mass is 79.9. The van der Waals surface area contributed by atoms with E-state index >= 15 is 0 Å². The van der Waals surface area contributed by atoms with Crippen molar-refractivity contribution in [1.29, 1.82) is 0 Å². The highest BCUT2D eigenvalue weighted by Gasteiger charge is 2.60. The first-order valence-electron chi connectivity index (χ1n) is 5.34. The maximum absolute atomic E-state index is 13.7. The van der Waals surface area contributed by atoms with Gasteiger partial charge in [-0.25, -0.2) is 4.39 Å². The van der Waals surface area contributed by atoms with Crippen molar-refractivity contribution in [3.63, 3.8) is 0 Å². The van der Waals surface area contributed by atoms with Crippen molar-refractivity contribution >= 4 is 27.5 Å². The van der Waals surface area contributed by atoms with Gasteiger partial charge in [0.15, 0.2) is 5.92 Å². The van der Waals surface area contributed by atoms with Crippen LogP contribution < -0.4 is 5.32 Å². The number of benzene rings is 1. The third-order valence-corrected chi connectivity index (χ3v) is 3.92. The lowest BCUT2D eigenvalue weighted by atomic mass is 9.91. The van der Waals surface area contributed by atoms with E-state index in [0.717, 1.165) is 13.1 Å². The fraction of sp³-hybridized carbons (Fsp3) is 0.455. The van der Waals surface area contributed by atoms with Crippen LogP contribution in [-0.2, 0) is 0 Å². The molecule has 1 aromatic rings. The summed E-state index contributed by atoms with van der Waals surface area (Å²) in [6.45, 7) is 0. The maximum atomic E-state index is 13.7. The summed E-state index contributed by atoms with van der Waals surface area (Å²) >= 11 is 8.45. The molecule has 1 unspecified atom stereocenters. The summed E-state index contributed by atoms with van der Waals surface area (Å²) in [5, 5.41) is 1.67. The Morgan fingerprint density at radius 2 is 1.57 bits per heavy atom. The molecule has 0 aromatic heterocycles. The molecule has 10 heteroatoms. The maximum Gasteiger partial charge on any atom is 0.402 e. The molecular formula is C11H8BrClF7N. The highest BCUT2D eigenvalue weighted by molar-refractivity contribution is 9.10. The van der Waals surface area contributed by atoms with Crippen LogP contribution in [0.1, 0.15) is 11.6 Å². The third-order valence-electron chi connectivity index (χ3n) is 2.72. The predicted molar refractivity (Wildman–Crippen MR) is 66.5 cm³/mol. The Balaban J connectivity index is 3.44. The van der Waals surface area contributed by atoms with E-state index in [-0.39, 0.29) is 9.50 Å². The Morgan fingerprint density at radius 3 is 1.95 bits per heavy atom. The summed E-state index contributed by atoms with van der Waals surface area (Å²) in [6, 6.07) is -0.908. The fourth-order valence-corrected chi connectivity index (χ4v) is 2.33. The summed E-state index contributed by atoms with van der Waals surface area (Å²) in [5.74, 6) is -4.99. The molecule has 0 aliphatic heterocycles. The molecule has 1 nitrogen and oxygen atoms in total. The molecule has 0 radical (unpaired) electrons. The van der Waals surface area contributed by atoms with Crippen LogP contribution >= 0.6 is 27.5 Å². The average Bonchev–Trinajstić information content (AvgIpc) is 2.27. The molecule has 0 bridgehead atoms. The monoisotopic (exact) mass is 401 g/mol. The quantitative estimate of drug-likeness (QED) is 0.538. The van der Waals surface area contributed by atoms with Crippen LogP contribution in [-0.4, -0.2) is 19.4 Å². The summed E-state index contributed by atoms with van der Waals surface area (Å²) in [5.41, 5.74) is -0.814. The van der Waals surface area contributed by atoms with Gasteiger partial charge in [0.25, 0.3) is 0 Å². The molecule has 1 rings (SSSR count). The van der Waals surface area contributed by atoms with Gasteiger partial charge in [0.2, 0.25) is 0 Å². The zero-order valence-corrected chi connectivity index (χ0v) is 12.6. The van der Waals surface area contributed by atoms with Gasteiger partial charge in [-0.1, -0.05) is 11.6 Å². The van der Waals surface area contributed by atoms with Crippen molar-refractivity contribution in [1.82, 2.24) is 5.32 Å². The molecule has 21 heavy (non-hydrogen) atoms. The largest absolute Gasteiger partial charge is 0.402 e. The number of halogens is 9. The van der Waals surface area contributed by atoms with Gasteiger partial charge in [-0.05, 0) is 35.1 Å². The van der Waals surface area contributed by atoms with Gasteiger partial charge in [0, 0.05) is 10.0 Å². The van der Waals surface area contributed by atoms with Crippen molar-refractivity contribution in [2.45, 2.75) is 18.4 Å². The summed E-state index contributed by atoms with van der Waals surface area (Å²) in [6.07, 6.45) is -11.2. The lowest BCUT2D eigenvalue weighted by Crippen LogP contribution is -2.45. The number of hydrogen-bond acceptors (Lipinski definition) is 1. The Morgan fingerprint density at radius 1 is 1.10 bits per heavy atom. The van der Waals surface area contributed by atoms with Crippen LogP contribution in [0.25, 0.3) is 0 Å². The molecule has 0 aliphatic rings. The minimum Gasteiger partial charge on any atom is -0.312 e. The number of rotatable bonds is 3. The van der Waals surface area contributed by atoms with Crippen molar-refractivity contribution in [2.75, 3.05) is 7.05 Å². The van der Waals surface area contributed by atoms with Gasteiger partial charge < -0.3 is 5.32 Å². The molecule has 1 N–H and O–H groups in total. The molecule has 1 aromatic carbocycles. The molecule has 0 amide bonds. The van der Waals surface area contributed by atoms with Gasteiger partial charge in [0.1, 0.15) is 5.82 Å². The van der Waals surface area contributed by atoms with Crippen molar-refractivity contribution in [2.24, 2.45) is 5.92 Å². The molecule has 0 saturated heterocycles. The van der Waals surface area contributed by atoms with E-state index in [4.69, 9.17) is 11.6 Å². The van der Waals surface area contributed by atoms with E-state index in [1.165, 1.54) is 0 Å². The number of nitrogens with one attached hydrogen (secondary N) is 1. The summed E-state index contributed by atoms with van der Waals surface area (Å²) in [7, 11) is 0.880. The first kappa shape index (κ1) is 18.5. The highest BCUT2D eigenvalue weighted by Crippen LogP contribution is 2.47. The van der Waals surface area contributed by atoms with E-state index in [0.29, 0.717) is 6.07 Å². The molecular weight excluding hydrogens is 394 g/mol. The SMILES string of the molecule is CNC(c1cc(Cl)c(Br)cc1F)C(C(F)(F)F)C(F)(F)F. The van der Waals surface area contributed by atoms with E-state index < -0.39 is 35.7 Å². The minimum absolute atomic E-state index is 0.0239. The van der Waals surface area contributed by atoms with Crippen molar-refractivity contribution < 1.29 is 30.7 Å². The zero-order chi connectivity index (χ0) is 16.6. The lowest BCUT2D eigenvalue weighted by molar-refractivity contribution is -0.292. The van der Waals surface area contributed by atoms with E-state index in [1.807, 2.05) is 5.32 Å². The fourth-order valence-electron chi connectivity index (χ4n) is 1.84. The molecule has 1 atom stereocenters. The molecule has 120 valence electrons. The van der Waals surface area contributed by atoms with Crippen LogP contribution in [0.2, 0.25) is 5.02 Å². The van der Waals surface area contributed by atoms with Crippen LogP contribution in [0, 0.1) is 11.7 Å². The normalized spacial score (nSPS) is 14.6. The summed E-state index contributed by atoms with van der Waals surface area (Å²) in [4.78, 5) is 0. The van der Waals surface area contributed by atoms with Crippen molar-refractivity contribution in [3.8, 4) is 0 Å². The lowest BCUT2D eigenvalue weighted by Gasteiger charge is -2.31. The molecule has 0 aliphatic carbocycles. The standard InChI is InChI=1S/C11H8BrClF7N/c1-21-8(9(10(15,16)17)11(18,19)20)4-2-6(13)5(12)3-7(4)14/h2-3,8-9,21H,1H3. The Hall–Kier alpha value is -0.540. The third kappa shape index (κ3) is 4.23. The van der Waals surface area contributed by atoms with E-state index in [2.05, 4.69) is 15.9 Å².